The third-order valence-corrected chi connectivity index (χ3v) is 3.33. The molecule has 1 N–H and O–H groups in total. The number of benzene rings is 1. The molecule has 1 fully saturated rings. The summed E-state index contributed by atoms with van der Waals surface area (Å²) in [5.41, 5.74) is 1.02. The Morgan fingerprint density at radius 1 is 1.50 bits per heavy atom. The summed E-state index contributed by atoms with van der Waals surface area (Å²) in [6.45, 7) is 0. The second kappa shape index (κ2) is 5.65. The monoisotopic (exact) mass is 244 g/mol. The van der Waals surface area contributed by atoms with E-state index in [1.54, 1.807) is 31.4 Å². The van der Waals surface area contributed by atoms with Crippen molar-refractivity contribution >= 4 is 5.91 Å². The summed E-state index contributed by atoms with van der Waals surface area (Å²) >= 11 is 0. The van der Waals surface area contributed by atoms with Gasteiger partial charge in [-0.15, -0.1) is 0 Å². The highest BCUT2D eigenvalue weighted by atomic mass is 16.5. The van der Waals surface area contributed by atoms with Crippen LogP contribution in [0.3, 0.4) is 0 Å². The molecule has 0 heterocycles. The first-order chi connectivity index (χ1) is 8.74. The Balaban J connectivity index is 2.05. The molecule has 1 aromatic carbocycles. The summed E-state index contributed by atoms with van der Waals surface area (Å²) in [7, 11) is 1.67. The van der Waals surface area contributed by atoms with Crippen molar-refractivity contribution < 1.29 is 9.53 Å². The number of carbonyl (C=O) groups is 1. The molecule has 1 aromatic rings. The van der Waals surface area contributed by atoms with Crippen LogP contribution < -0.4 is 5.32 Å². The molecule has 0 aromatic heterocycles. The van der Waals surface area contributed by atoms with Gasteiger partial charge in [0.05, 0.1) is 23.8 Å². The number of nitriles is 1. The van der Waals surface area contributed by atoms with Crippen LogP contribution in [0.2, 0.25) is 0 Å². The van der Waals surface area contributed by atoms with Crippen LogP contribution in [-0.2, 0) is 4.74 Å². The first kappa shape index (κ1) is 12.6. The average molecular weight is 244 g/mol. The Labute approximate surface area is 107 Å². The number of hydrogen-bond donors (Lipinski definition) is 1. The minimum absolute atomic E-state index is 0.0771. The van der Waals surface area contributed by atoms with E-state index in [-0.39, 0.29) is 18.1 Å². The van der Waals surface area contributed by atoms with Gasteiger partial charge in [-0.1, -0.05) is 6.07 Å². The van der Waals surface area contributed by atoms with Gasteiger partial charge in [0.15, 0.2) is 0 Å². The lowest BCUT2D eigenvalue weighted by molar-refractivity contribution is 0.0722. The molecule has 4 nitrogen and oxygen atoms in total. The lowest BCUT2D eigenvalue weighted by Crippen LogP contribution is -2.40. The average Bonchev–Trinajstić information content (AvgIpc) is 2.86. The van der Waals surface area contributed by atoms with Crippen molar-refractivity contribution in [2.45, 2.75) is 31.4 Å². The number of amides is 1. The quantitative estimate of drug-likeness (QED) is 0.882. The van der Waals surface area contributed by atoms with Crippen molar-refractivity contribution in [1.29, 1.82) is 5.26 Å². The number of nitrogens with zero attached hydrogens (tertiary/aromatic N) is 1. The van der Waals surface area contributed by atoms with E-state index < -0.39 is 0 Å². The molecule has 0 spiro atoms. The van der Waals surface area contributed by atoms with Crippen LogP contribution in [0.25, 0.3) is 0 Å². The number of carbonyl (C=O) groups excluding carboxylic acids is 1. The minimum atomic E-state index is -0.138. The molecule has 0 saturated heterocycles. The highest BCUT2D eigenvalue weighted by molar-refractivity contribution is 5.94. The van der Waals surface area contributed by atoms with Gasteiger partial charge in [-0.25, -0.2) is 0 Å². The number of rotatable bonds is 3. The number of nitrogens with one attached hydrogen (secondary N) is 1. The Kier molecular flexibility index (Phi) is 3.96. The van der Waals surface area contributed by atoms with Crippen molar-refractivity contribution in [1.82, 2.24) is 5.32 Å². The van der Waals surface area contributed by atoms with Gasteiger partial charge in [-0.3, -0.25) is 4.79 Å². The minimum Gasteiger partial charge on any atom is -0.379 e. The van der Waals surface area contributed by atoms with Crippen molar-refractivity contribution in [2.75, 3.05) is 7.11 Å². The molecule has 0 aliphatic heterocycles. The van der Waals surface area contributed by atoms with Gasteiger partial charge in [0.2, 0.25) is 0 Å². The van der Waals surface area contributed by atoms with Crippen LogP contribution in [0, 0.1) is 11.3 Å². The molecule has 18 heavy (non-hydrogen) atoms. The number of ether oxygens (including phenoxy) is 1. The molecule has 1 saturated carbocycles. The fourth-order valence-electron chi connectivity index (χ4n) is 2.35. The fraction of sp³-hybridized carbons (Fsp3) is 0.429. The zero-order valence-electron chi connectivity index (χ0n) is 10.3. The maximum Gasteiger partial charge on any atom is 0.251 e. The molecular formula is C14H16N2O2. The Hall–Kier alpha value is -1.86. The van der Waals surface area contributed by atoms with Crippen molar-refractivity contribution in [3.05, 3.63) is 35.4 Å². The van der Waals surface area contributed by atoms with E-state index in [9.17, 15) is 4.79 Å². The van der Waals surface area contributed by atoms with Gasteiger partial charge in [0, 0.05) is 12.7 Å². The van der Waals surface area contributed by atoms with Gasteiger partial charge in [-0.2, -0.15) is 5.26 Å². The molecule has 0 radical (unpaired) electrons. The first-order valence-corrected chi connectivity index (χ1v) is 6.08. The molecule has 1 aliphatic rings. The summed E-state index contributed by atoms with van der Waals surface area (Å²) in [5.74, 6) is -0.138. The zero-order valence-corrected chi connectivity index (χ0v) is 10.3. The zero-order chi connectivity index (χ0) is 13.0. The van der Waals surface area contributed by atoms with Gasteiger partial charge in [0.25, 0.3) is 5.91 Å². The molecular weight excluding hydrogens is 228 g/mol. The largest absolute Gasteiger partial charge is 0.379 e. The van der Waals surface area contributed by atoms with E-state index in [0.717, 1.165) is 19.3 Å². The smallest absolute Gasteiger partial charge is 0.251 e. The van der Waals surface area contributed by atoms with Gasteiger partial charge >= 0.3 is 0 Å². The third-order valence-electron chi connectivity index (χ3n) is 3.33. The highest BCUT2D eigenvalue weighted by Gasteiger charge is 2.28. The SMILES string of the molecule is COC1CCCC1NC(=O)c1cccc(C#N)c1. The van der Waals surface area contributed by atoms with E-state index in [4.69, 9.17) is 10.00 Å². The number of hydrogen-bond acceptors (Lipinski definition) is 3. The predicted molar refractivity (Wildman–Crippen MR) is 67.1 cm³/mol. The fourth-order valence-corrected chi connectivity index (χ4v) is 2.35. The van der Waals surface area contributed by atoms with E-state index >= 15 is 0 Å². The topological polar surface area (TPSA) is 62.1 Å². The van der Waals surface area contributed by atoms with Crippen LogP contribution in [0.15, 0.2) is 24.3 Å². The second-order valence-corrected chi connectivity index (χ2v) is 4.48. The molecule has 2 unspecified atom stereocenters. The molecule has 4 heteroatoms. The second-order valence-electron chi connectivity index (χ2n) is 4.48. The molecule has 2 atom stereocenters. The van der Waals surface area contributed by atoms with E-state index in [0.29, 0.717) is 11.1 Å². The predicted octanol–water partition coefficient (Wildman–Crippen LogP) is 1.86. The molecule has 1 aliphatic carbocycles. The van der Waals surface area contributed by atoms with E-state index in [1.807, 2.05) is 6.07 Å². The van der Waals surface area contributed by atoms with Gasteiger partial charge in [0.1, 0.15) is 0 Å². The molecule has 1 amide bonds. The number of methoxy groups -OCH3 is 1. The van der Waals surface area contributed by atoms with Crippen molar-refractivity contribution in [3.63, 3.8) is 0 Å². The van der Waals surface area contributed by atoms with Gasteiger partial charge in [-0.05, 0) is 37.5 Å². The van der Waals surface area contributed by atoms with Crippen LogP contribution >= 0.6 is 0 Å². The van der Waals surface area contributed by atoms with Gasteiger partial charge < -0.3 is 10.1 Å². The lowest BCUT2D eigenvalue weighted by Gasteiger charge is -2.19. The first-order valence-electron chi connectivity index (χ1n) is 6.08. The Bertz CT molecular complexity index is 479. The normalized spacial score (nSPS) is 22.4. The van der Waals surface area contributed by atoms with Crippen molar-refractivity contribution in [2.24, 2.45) is 0 Å². The molecule has 0 bridgehead atoms. The maximum absolute atomic E-state index is 12.1. The molecule has 94 valence electrons. The van der Waals surface area contributed by atoms with Crippen molar-refractivity contribution in [3.8, 4) is 6.07 Å². The summed E-state index contributed by atoms with van der Waals surface area (Å²) < 4.78 is 5.34. The summed E-state index contributed by atoms with van der Waals surface area (Å²) in [6.07, 6.45) is 3.11. The Morgan fingerprint density at radius 3 is 3.06 bits per heavy atom. The van der Waals surface area contributed by atoms with Crippen LogP contribution in [0.1, 0.15) is 35.2 Å². The third kappa shape index (κ3) is 2.69. The maximum atomic E-state index is 12.1. The summed E-state index contributed by atoms with van der Waals surface area (Å²) in [5, 5.41) is 11.8. The molecule has 2 rings (SSSR count). The van der Waals surface area contributed by atoms with E-state index in [1.165, 1.54) is 0 Å². The summed E-state index contributed by atoms with van der Waals surface area (Å²) in [4.78, 5) is 12.1. The highest BCUT2D eigenvalue weighted by Crippen LogP contribution is 2.21. The van der Waals surface area contributed by atoms with Crippen LogP contribution in [0.5, 0.6) is 0 Å². The lowest BCUT2D eigenvalue weighted by atomic mass is 10.1. The summed E-state index contributed by atoms with van der Waals surface area (Å²) in [6, 6.07) is 8.83. The Morgan fingerprint density at radius 2 is 2.33 bits per heavy atom. The van der Waals surface area contributed by atoms with Crippen LogP contribution in [-0.4, -0.2) is 25.2 Å². The van der Waals surface area contributed by atoms with Crippen LogP contribution in [0.4, 0.5) is 0 Å². The van der Waals surface area contributed by atoms with E-state index in [2.05, 4.69) is 5.32 Å². The standard InChI is InChI=1S/C14H16N2O2/c1-18-13-7-3-6-12(13)16-14(17)11-5-2-4-10(8-11)9-15/h2,4-5,8,12-13H,3,6-7H2,1H3,(H,16,17).